The molecule has 5 nitrogen and oxygen atoms in total. The molecule has 4 rings (SSSR count). The highest BCUT2D eigenvalue weighted by molar-refractivity contribution is 6.30. The van der Waals surface area contributed by atoms with E-state index in [-0.39, 0.29) is 18.4 Å². The lowest BCUT2D eigenvalue weighted by Crippen LogP contribution is -2.43. The molecule has 1 N–H and O–H groups in total. The lowest BCUT2D eigenvalue weighted by Gasteiger charge is -2.28. The molecule has 1 heterocycles. The molecule has 0 saturated heterocycles. The number of carbonyl (C=O) groups is 2. The first kappa shape index (κ1) is 24.6. The van der Waals surface area contributed by atoms with Crippen molar-refractivity contribution in [3.05, 3.63) is 107 Å². The molecule has 1 aromatic heterocycles. The SMILES string of the molecule is CCCN(CC(=O)N(CCc1c[nH]c2ccccc12)Cc1ccccc1)C(=O)c1ccc(Cl)cc1. The standard InChI is InChI=1S/C29H30ClN3O2/c1-2-17-33(29(35)23-12-14-25(30)15-13-23)21-28(34)32(20-22-8-4-3-5-9-22)18-16-24-19-31-27-11-7-6-10-26(24)27/h3-15,19,31H,2,16-18,20-21H2,1H3. The van der Waals surface area contributed by atoms with E-state index in [9.17, 15) is 9.59 Å². The van der Waals surface area contributed by atoms with Crippen molar-refractivity contribution >= 4 is 34.3 Å². The van der Waals surface area contributed by atoms with Crippen LogP contribution in [0.2, 0.25) is 5.02 Å². The Hall–Kier alpha value is -3.57. The number of para-hydroxylation sites is 1. The molecule has 0 saturated carbocycles. The number of amides is 2. The molecule has 35 heavy (non-hydrogen) atoms. The van der Waals surface area contributed by atoms with Crippen LogP contribution in [-0.2, 0) is 17.8 Å². The summed E-state index contributed by atoms with van der Waals surface area (Å²) in [6.07, 6.45) is 3.51. The van der Waals surface area contributed by atoms with Gasteiger partial charge in [0.25, 0.3) is 5.91 Å². The first-order valence-corrected chi connectivity index (χ1v) is 12.3. The van der Waals surface area contributed by atoms with Gasteiger partial charge in [-0.05, 0) is 54.3 Å². The van der Waals surface area contributed by atoms with E-state index >= 15 is 0 Å². The molecule has 2 amide bonds. The number of halogens is 1. The van der Waals surface area contributed by atoms with Gasteiger partial charge in [-0.15, -0.1) is 0 Å². The van der Waals surface area contributed by atoms with Gasteiger partial charge in [-0.25, -0.2) is 0 Å². The van der Waals surface area contributed by atoms with E-state index in [4.69, 9.17) is 11.6 Å². The van der Waals surface area contributed by atoms with Gasteiger partial charge < -0.3 is 14.8 Å². The number of nitrogens with zero attached hydrogens (tertiary/aromatic N) is 2. The van der Waals surface area contributed by atoms with Crippen LogP contribution in [0.3, 0.4) is 0 Å². The summed E-state index contributed by atoms with van der Waals surface area (Å²) in [4.78, 5) is 33.5. The van der Waals surface area contributed by atoms with Crippen molar-refractivity contribution in [1.82, 2.24) is 14.8 Å². The highest BCUT2D eigenvalue weighted by Crippen LogP contribution is 2.19. The second-order valence-electron chi connectivity index (χ2n) is 8.64. The Kier molecular flexibility index (Phi) is 8.22. The Morgan fingerprint density at radius 2 is 1.57 bits per heavy atom. The van der Waals surface area contributed by atoms with Gasteiger partial charge >= 0.3 is 0 Å². The fourth-order valence-electron chi connectivity index (χ4n) is 4.25. The van der Waals surface area contributed by atoms with Gasteiger partial charge in [0.15, 0.2) is 0 Å². The van der Waals surface area contributed by atoms with E-state index in [2.05, 4.69) is 17.1 Å². The van der Waals surface area contributed by atoms with Crippen molar-refractivity contribution < 1.29 is 9.59 Å². The van der Waals surface area contributed by atoms with Gasteiger partial charge in [0.2, 0.25) is 5.91 Å². The molecule has 0 spiro atoms. The molecule has 180 valence electrons. The summed E-state index contributed by atoms with van der Waals surface area (Å²) in [7, 11) is 0. The largest absolute Gasteiger partial charge is 0.361 e. The van der Waals surface area contributed by atoms with Crippen LogP contribution in [0.15, 0.2) is 85.1 Å². The first-order valence-electron chi connectivity index (χ1n) is 12.0. The number of hydrogen-bond donors (Lipinski definition) is 1. The van der Waals surface area contributed by atoms with Crippen LogP contribution in [-0.4, -0.2) is 46.2 Å². The van der Waals surface area contributed by atoms with Crippen LogP contribution in [0.4, 0.5) is 0 Å². The second-order valence-corrected chi connectivity index (χ2v) is 9.08. The van der Waals surface area contributed by atoms with Gasteiger partial charge in [-0.3, -0.25) is 9.59 Å². The highest BCUT2D eigenvalue weighted by atomic mass is 35.5. The third-order valence-corrected chi connectivity index (χ3v) is 6.34. The fraction of sp³-hybridized carbons (Fsp3) is 0.241. The molecule has 3 aromatic carbocycles. The van der Waals surface area contributed by atoms with Crippen LogP contribution < -0.4 is 0 Å². The van der Waals surface area contributed by atoms with Gasteiger partial charge in [0, 0.05) is 47.3 Å². The van der Waals surface area contributed by atoms with Crippen LogP contribution >= 0.6 is 11.6 Å². The number of hydrogen-bond acceptors (Lipinski definition) is 2. The minimum atomic E-state index is -0.159. The quantitative estimate of drug-likeness (QED) is 0.300. The van der Waals surface area contributed by atoms with Crippen LogP contribution in [0.25, 0.3) is 10.9 Å². The van der Waals surface area contributed by atoms with E-state index in [1.54, 1.807) is 29.2 Å². The molecule has 0 radical (unpaired) electrons. The van der Waals surface area contributed by atoms with Gasteiger partial charge in [-0.1, -0.05) is 67.1 Å². The van der Waals surface area contributed by atoms with Crippen molar-refractivity contribution in [1.29, 1.82) is 0 Å². The van der Waals surface area contributed by atoms with Crippen molar-refractivity contribution in [2.45, 2.75) is 26.3 Å². The maximum Gasteiger partial charge on any atom is 0.254 e. The Balaban J connectivity index is 1.52. The summed E-state index contributed by atoms with van der Waals surface area (Å²) in [6, 6.07) is 25.0. The minimum absolute atomic E-state index is 0.0377. The van der Waals surface area contributed by atoms with Crippen molar-refractivity contribution in [2.24, 2.45) is 0 Å². The number of carbonyl (C=O) groups excluding carboxylic acids is 2. The Labute approximate surface area is 211 Å². The number of fused-ring (bicyclic) bond motifs is 1. The van der Waals surface area contributed by atoms with E-state index in [1.807, 2.05) is 60.5 Å². The maximum absolute atomic E-state index is 13.5. The number of nitrogens with one attached hydrogen (secondary N) is 1. The van der Waals surface area contributed by atoms with E-state index in [0.717, 1.165) is 23.9 Å². The van der Waals surface area contributed by atoms with Crippen molar-refractivity contribution in [3.8, 4) is 0 Å². The lowest BCUT2D eigenvalue weighted by molar-refractivity contribution is -0.132. The number of rotatable bonds is 10. The zero-order chi connectivity index (χ0) is 24.6. The summed E-state index contributed by atoms with van der Waals surface area (Å²) in [5, 5.41) is 1.75. The molecule has 0 unspecified atom stereocenters. The molecule has 0 fully saturated rings. The van der Waals surface area contributed by atoms with Gasteiger partial charge in [0.05, 0.1) is 0 Å². The number of aromatic nitrogens is 1. The maximum atomic E-state index is 13.5. The molecule has 0 atom stereocenters. The molecule has 4 aromatic rings. The Bertz CT molecular complexity index is 1270. The topological polar surface area (TPSA) is 56.4 Å². The highest BCUT2D eigenvalue weighted by Gasteiger charge is 2.22. The Morgan fingerprint density at radius 3 is 2.31 bits per heavy atom. The van der Waals surface area contributed by atoms with Gasteiger partial charge in [0.1, 0.15) is 6.54 Å². The van der Waals surface area contributed by atoms with E-state index in [0.29, 0.717) is 30.2 Å². The predicted molar refractivity (Wildman–Crippen MR) is 142 cm³/mol. The lowest BCUT2D eigenvalue weighted by atomic mass is 10.1. The second kappa shape index (κ2) is 11.7. The van der Waals surface area contributed by atoms with E-state index < -0.39 is 0 Å². The number of benzene rings is 3. The Morgan fingerprint density at radius 1 is 0.857 bits per heavy atom. The monoisotopic (exact) mass is 487 g/mol. The van der Waals surface area contributed by atoms with Gasteiger partial charge in [-0.2, -0.15) is 0 Å². The molecule has 6 heteroatoms. The zero-order valence-electron chi connectivity index (χ0n) is 19.9. The fourth-order valence-corrected chi connectivity index (χ4v) is 4.38. The molecular weight excluding hydrogens is 458 g/mol. The third-order valence-electron chi connectivity index (χ3n) is 6.09. The third kappa shape index (κ3) is 6.31. The number of H-pyrrole nitrogens is 1. The van der Waals surface area contributed by atoms with Crippen LogP contribution in [0, 0.1) is 0 Å². The molecular formula is C29H30ClN3O2. The summed E-state index contributed by atoms with van der Waals surface area (Å²) >= 11 is 5.99. The minimum Gasteiger partial charge on any atom is -0.361 e. The number of aromatic amines is 1. The normalized spacial score (nSPS) is 10.9. The van der Waals surface area contributed by atoms with E-state index in [1.165, 1.54) is 10.9 Å². The summed E-state index contributed by atoms with van der Waals surface area (Å²) in [5.41, 5.74) is 3.86. The zero-order valence-corrected chi connectivity index (χ0v) is 20.7. The summed E-state index contributed by atoms with van der Waals surface area (Å²) < 4.78 is 0. The van der Waals surface area contributed by atoms with Crippen LogP contribution in [0.1, 0.15) is 34.8 Å². The average Bonchev–Trinajstić information content (AvgIpc) is 3.30. The molecule has 0 aliphatic rings. The first-order chi connectivity index (χ1) is 17.0. The molecule has 0 aliphatic heterocycles. The summed E-state index contributed by atoms with van der Waals surface area (Å²) in [6.45, 7) is 3.61. The summed E-state index contributed by atoms with van der Waals surface area (Å²) in [5.74, 6) is -0.224. The smallest absolute Gasteiger partial charge is 0.254 e. The average molecular weight is 488 g/mol. The van der Waals surface area contributed by atoms with Crippen LogP contribution in [0.5, 0.6) is 0 Å². The molecule has 0 bridgehead atoms. The predicted octanol–water partition coefficient (Wildman–Crippen LogP) is 5.95. The molecule has 0 aliphatic carbocycles. The van der Waals surface area contributed by atoms with Crippen molar-refractivity contribution in [3.63, 3.8) is 0 Å². The van der Waals surface area contributed by atoms with Crippen molar-refractivity contribution in [2.75, 3.05) is 19.6 Å².